The molecule has 0 radical (unpaired) electrons. The third-order valence-electron chi connectivity index (χ3n) is 7.81. The van der Waals surface area contributed by atoms with Crippen molar-refractivity contribution >= 4 is 34.8 Å². The van der Waals surface area contributed by atoms with E-state index in [1.54, 1.807) is 11.7 Å². The monoisotopic (exact) mass is 503 g/mol. The van der Waals surface area contributed by atoms with Crippen molar-refractivity contribution in [3.8, 4) is 0 Å². The molecule has 2 atom stereocenters. The number of carbonyl (C=O) groups is 3. The summed E-state index contributed by atoms with van der Waals surface area (Å²) in [6, 6.07) is 0. The summed E-state index contributed by atoms with van der Waals surface area (Å²) in [4.78, 5) is 48.3. The number of hydrogen-bond donors (Lipinski definition) is 1. The molecule has 4 aliphatic rings. The van der Waals surface area contributed by atoms with Crippen molar-refractivity contribution in [1.82, 2.24) is 19.5 Å². The maximum absolute atomic E-state index is 14.2. The Bertz CT molecular complexity index is 1150. The second-order valence-corrected chi connectivity index (χ2v) is 9.97. The first-order chi connectivity index (χ1) is 17.4. The minimum absolute atomic E-state index is 0.0946. The lowest BCUT2D eigenvalue weighted by molar-refractivity contribution is -0.166. The second-order valence-electron chi connectivity index (χ2n) is 9.97. The molecule has 3 heterocycles. The number of imidazole rings is 1. The molecule has 1 saturated heterocycles. The third kappa shape index (κ3) is 4.91. The van der Waals surface area contributed by atoms with Crippen LogP contribution < -0.4 is 5.32 Å². The standard InChI is InChI=1S/C24H30FN5O6/c1-34-15(12-35-22(33)24-8-4-14(5-9-24)6-10-24)7-11-30-13-26-18-19(28-23(25)29-20(18)30)27-21(32)16-2-3-17(31)36-16/h13-16H,2-12H2,1H3,(H,27,28,29,32). The van der Waals surface area contributed by atoms with Gasteiger partial charge in [-0.25, -0.2) is 4.98 Å². The minimum Gasteiger partial charge on any atom is -0.463 e. The zero-order chi connectivity index (χ0) is 25.3. The number of methoxy groups -OCH3 is 1. The summed E-state index contributed by atoms with van der Waals surface area (Å²) >= 11 is 0. The molecule has 2 bridgehead atoms. The number of amides is 1. The van der Waals surface area contributed by atoms with Crippen LogP contribution >= 0.6 is 0 Å². The molecule has 3 saturated carbocycles. The number of carbonyl (C=O) groups excluding carboxylic acids is 3. The average Bonchev–Trinajstić information content (AvgIpc) is 3.51. The summed E-state index contributed by atoms with van der Waals surface area (Å²) in [5.41, 5.74) is 0.0760. The summed E-state index contributed by atoms with van der Waals surface area (Å²) in [6.07, 6.45) is 6.03. The topological polar surface area (TPSA) is 135 Å². The van der Waals surface area contributed by atoms with Crippen molar-refractivity contribution in [2.45, 2.75) is 76.5 Å². The Labute approximate surface area is 207 Å². The van der Waals surface area contributed by atoms with Crippen LogP contribution in [0, 0.1) is 17.4 Å². The highest BCUT2D eigenvalue weighted by molar-refractivity contribution is 6.00. The molecule has 0 aromatic carbocycles. The highest BCUT2D eigenvalue weighted by atomic mass is 19.1. The zero-order valence-electron chi connectivity index (χ0n) is 20.2. The van der Waals surface area contributed by atoms with E-state index in [9.17, 15) is 18.8 Å². The van der Waals surface area contributed by atoms with Crippen molar-refractivity contribution in [2.75, 3.05) is 19.0 Å². The van der Waals surface area contributed by atoms with Gasteiger partial charge in [-0.05, 0) is 50.9 Å². The van der Waals surface area contributed by atoms with Gasteiger partial charge in [0.1, 0.15) is 6.61 Å². The van der Waals surface area contributed by atoms with E-state index in [2.05, 4.69) is 20.3 Å². The molecule has 1 amide bonds. The number of esters is 2. The van der Waals surface area contributed by atoms with Crippen molar-refractivity contribution in [1.29, 1.82) is 0 Å². The van der Waals surface area contributed by atoms with E-state index < -0.39 is 24.1 Å². The molecule has 0 spiro atoms. The van der Waals surface area contributed by atoms with Crippen LogP contribution in [0.3, 0.4) is 0 Å². The number of hydrogen-bond acceptors (Lipinski definition) is 9. The number of ether oxygens (including phenoxy) is 3. The highest BCUT2D eigenvalue weighted by Crippen LogP contribution is 2.50. The molecule has 4 fully saturated rings. The Balaban J connectivity index is 1.20. The number of aryl methyl sites for hydroxylation is 1. The van der Waals surface area contributed by atoms with Gasteiger partial charge in [0.05, 0.1) is 17.8 Å². The fraction of sp³-hybridized carbons (Fsp3) is 0.667. The van der Waals surface area contributed by atoms with Crippen molar-refractivity contribution < 1.29 is 33.0 Å². The molecule has 194 valence electrons. The summed E-state index contributed by atoms with van der Waals surface area (Å²) in [6.45, 7) is 0.501. The number of rotatable bonds is 9. The van der Waals surface area contributed by atoms with Gasteiger partial charge in [-0.15, -0.1) is 0 Å². The lowest BCUT2D eigenvalue weighted by atomic mass is 9.61. The van der Waals surface area contributed by atoms with Gasteiger partial charge in [-0.2, -0.15) is 14.4 Å². The summed E-state index contributed by atoms with van der Waals surface area (Å²) < 4.78 is 32.0. The minimum atomic E-state index is -1.03. The molecule has 6 rings (SSSR count). The molecule has 2 aromatic heterocycles. The van der Waals surface area contributed by atoms with Gasteiger partial charge in [-0.3, -0.25) is 14.4 Å². The molecule has 12 heteroatoms. The van der Waals surface area contributed by atoms with Crippen molar-refractivity contribution in [3.63, 3.8) is 0 Å². The van der Waals surface area contributed by atoms with E-state index in [0.717, 1.165) is 44.4 Å². The predicted octanol–water partition coefficient (Wildman–Crippen LogP) is 2.53. The zero-order valence-corrected chi connectivity index (χ0v) is 20.2. The molecular formula is C24H30FN5O6. The quantitative estimate of drug-likeness (QED) is 0.404. The van der Waals surface area contributed by atoms with Gasteiger partial charge in [-0.1, -0.05) is 0 Å². The summed E-state index contributed by atoms with van der Waals surface area (Å²) in [5, 5.41) is 2.49. The molecule has 36 heavy (non-hydrogen) atoms. The molecule has 2 unspecified atom stereocenters. The van der Waals surface area contributed by atoms with Crippen LogP contribution in [0.5, 0.6) is 0 Å². The second kappa shape index (κ2) is 10.1. The molecule has 2 aromatic rings. The average molecular weight is 504 g/mol. The predicted molar refractivity (Wildman–Crippen MR) is 123 cm³/mol. The van der Waals surface area contributed by atoms with Crippen molar-refractivity contribution in [2.24, 2.45) is 11.3 Å². The first-order valence-electron chi connectivity index (χ1n) is 12.5. The van der Waals surface area contributed by atoms with E-state index in [4.69, 9.17) is 14.2 Å². The van der Waals surface area contributed by atoms with Gasteiger partial charge in [0.25, 0.3) is 5.91 Å². The normalized spacial score (nSPS) is 26.1. The number of nitrogens with zero attached hydrogens (tertiary/aromatic N) is 4. The number of nitrogens with one attached hydrogen (secondary N) is 1. The third-order valence-corrected chi connectivity index (χ3v) is 7.81. The first kappa shape index (κ1) is 24.5. The number of fused-ring (bicyclic) bond motifs is 4. The Morgan fingerprint density at radius 1 is 1.25 bits per heavy atom. The van der Waals surface area contributed by atoms with E-state index in [1.807, 2.05) is 0 Å². The Morgan fingerprint density at radius 2 is 2.00 bits per heavy atom. The lowest BCUT2D eigenvalue weighted by Crippen LogP contribution is -2.42. The van der Waals surface area contributed by atoms with Gasteiger partial charge in [0.15, 0.2) is 23.1 Å². The van der Waals surface area contributed by atoms with E-state index in [-0.39, 0.29) is 53.9 Å². The van der Waals surface area contributed by atoms with E-state index in [1.165, 1.54) is 6.33 Å². The molecule has 11 nitrogen and oxygen atoms in total. The van der Waals surface area contributed by atoms with E-state index in [0.29, 0.717) is 13.0 Å². The smallest absolute Gasteiger partial charge is 0.312 e. The molecule has 1 N–H and O–H groups in total. The molecule has 3 aliphatic carbocycles. The molecule has 1 aliphatic heterocycles. The fourth-order valence-electron chi connectivity index (χ4n) is 5.51. The van der Waals surface area contributed by atoms with Crippen LogP contribution in [-0.4, -0.2) is 63.3 Å². The van der Waals surface area contributed by atoms with Crippen LogP contribution in [0.1, 0.15) is 57.8 Å². The number of halogens is 1. The van der Waals surface area contributed by atoms with Crippen LogP contribution in [0.2, 0.25) is 0 Å². The number of cyclic esters (lactones) is 1. The van der Waals surface area contributed by atoms with Gasteiger partial charge >= 0.3 is 18.0 Å². The number of anilines is 1. The maximum Gasteiger partial charge on any atom is 0.312 e. The maximum atomic E-state index is 14.2. The summed E-state index contributed by atoms with van der Waals surface area (Å²) in [5.74, 6) is -0.509. The first-order valence-corrected chi connectivity index (χ1v) is 12.5. The van der Waals surface area contributed by atoms with E-state index >= 15 is 0 Å². The largest absolute Gasteiger partial charge is 0.463 e. The van der Waals surface area contributed by atoms with Crippen LogP contribution in [-0.2, 0) is 35.1 Å². The van der Waals surface area contributed by atoms with Gasteiger partial charge in [0.2, 0.25) is 0 Å². The number of aromatic nitrogens is 4. The SMILES string of the molecule is COC(CCn1cnc2c(NC(=O)C3CCC(=O)O3)nc(F)nc21)COC(=O)C12CCC(CC1)CC2. The fourth-order valence-corrected chi connectivity index (χ4v) is 5.51. The lowest BCUT2D eigenvalue weighted by Gasteiger charge is -2.44. The van der Waals surface area contributed by atoms with Crippen molar-refractivity contribution in [3.05, 3.63) is 12.4 Å². The van der Waals surface area contributed by atoms with Gasteiger partial charge in [0, 0.05) is 26.5 Å². The Morgan fingerprint density at radius 3 is 2.67 bits per heavy atom. The van der Waals surface area contributed by atoms with Crippen LogP contribution in [0.4, 0.5) is 10.2 Å². The Kier molecular flexibility index (Phi) is 6.87. The highest BCUT2D eigenvalue weighted by Gasteiger charge is 2.47. The van der Waals surface area contributed by atoms with Crippen LogP contribution in [0.25, 0.3) is 11.2 Å². The molecular weight excluding hydrogens is 473 g/mol. The summed E-state index contributed by atoms with van der Waals surface area (Å²) in [7, 11) is 1.56. The Hall–Kier alpha value is -3.15. The van der Waals surface area contributed by atoms with Gasteiger partial charge < -0.3 is 24.1 Å². The van der Waals surface area contributed by atoms with Crippen LogP contribution in [0.15, 0.2) is 6.33 Å².